The van der Waals surface area contributed by atoms with Crippen LogP contribution < -0.4 is 11.3 Å². The van der Waals surface area contributed by atoms with Crippen LogP contribution in [0.25, 0.3) is 4.96 Å². The monoisotopic (exact) mass is 364 g/mol. The highest BCUT2D eigenvalue weighted by Gasteiger charge is 2.45. The Hall–Kier alpha value is -2.98. The van der Waals surface area contributed by atoms with Gasteiger partial charge in [0.05, 0.1) is 17.3 Å². The molecule has 0 saturated heterocycles. The van der Waals surface area contributed by atoms with E-state index < -0.39 is 0 Å². The zero-order chi connectivity index (χ0) is 18.4. The number of aryl methyl sites for hydroxylation is 1. The van der Waals surface area contributed by atoms with Gasteiger partial charge in [-0.3, -0.25) is 14.0 Å². The zero-order valence-corrected chi connectivity index (χ0v) is 14.9. The summed E-state index contributed by atoms with van der Waals surface area (Å²) in [5.41, 5.74) is 8.31. The number of fused-ring (bicyclic) bond motifs is 1. The third-order valence-corrected chi connectivity index (χ3v) is 5.71. The lowest BCUT2D eigenvalue weighted by atomic mass is 10.1. The van der Waals surface area contributed by atoms with Crippen molar-refractivity contribution in [1.82, 2.24) is 9.38 Å². The summed E-state index contributed by atoms with van der Waals surface area (Å²) in [5.74, 6) is -0.491. The number of benzene rings is 1. The van der Waals surface area contributed by atoms with Crippen molar-refractivity contribution < 1.29 is 4.79 Å². The van der Waals surface area contributed by atoms with Crippen LogP contribution in [-0.4, -0.2) is 15.3 Å². The SMILES string of the molecule is Cc1sc2nc(Cc3cccc(C#N)c3)cc(=O)n2c1C1CC1C(N)=O. The van der Waals surface area contributed by atoms with E-state index in [0.29, 0.717) is 29.1 Å². The molecule has 0 aliphatic heterocycles. The summed E-state index contributed by atoms with van der Waals surface area (Å²) in [5, 5.41) is 9.02. The zero-order valence-electron chi connectivity index (χ0n) is 14.1. The van der Waals surface area contributed by atoms with E-state index in [2.05, 4.69) is 11.1 Å². The fourth-order valence-electron chi connectivity index (χ4n) is 3.43. The van der Waals surface area contributed by atoms with E-state index in [1.165, 1.54) is 17.4 Å². The standard InChI is InChI=1S/C19H16N4O2S/c1-10-17(14-8-15(14)18(21)25)23-16(24)7-13(22-19(23)26-10)6-11-3-2-4-12(5-11)9-20/h2-5,7,14-15H,6,8H2,1H3,(H2,21,25). The van der Waals surface area contributed by atoms with E-state index >= 15 is 0 Å². The molecule has 1 fully saturated rings. The number of nitriles is 1. The Morgan fingerprint density at radius 3 is 2.96 bits per heavy atom. The first-order valence-electron chi connectivity index (χ1n) is 8.28. The molecule has 0 spiro atoms. The van der Waals surface area contributed by atoms with Crippen LogP contribution in [0, 0.1) is 24.2 Å². The minimum atomic E-state index is -0.316. The molecule has 7 heteroatoms. The van der Waals surface area contributed by atoms with Gasteiger partial charge in [0.15, 0.2) is 4.96 Å². The first-order valence-corrected chi connectivity index (χ1v) is 9.10. The highest BCUT2D eigenvalue weighted by atomic mass is 32.1. The lowest BCUT2D eigenvalue weighted by molar-refractivity contribution is -0.119. The van der Waals surface area contributed by atoms with Crippen LogP contribution in [0.15, 0.2) is 35.1 Å². The van der Waals surface area contributed by atoms with Gasteiger partial charge in [0.2, 0.25) is 5.91 Å². The summed E-state index contributed by atoms with van der Waals surface area (Å²) < 4.78 is 1.61. The predicted octanol–water partition coefficient (Wildman–Crippen LogP) is 2.12. The molecule has 6 nitrogen and oxygen atoms in total. The maximum atomic E-state index is 12.7. The number of hydrogen-bond acceptors (Lipinski definition) is 5. The van der Waals surface area contributed by atoms with Crippen LogP contribution in [0.2, 0.25) is 0 Å². The molecule has 1 aliphatic rings. The van der Waals surface area contributed by atoms with Gasteiger partial charge in [0, 0.05) is 34.9 Å². The molecular weight excluding hydrogens is 348 g/mol. The van der Waals surface area contributed by atoms with Crippen molar-refractivity contribution in [3.05, 3.63) is 68.1 Å². The van der Waals surface area contributed by atoms with Gasteiger partial charge in [-0.15, -0.1) is 11.3 Å². The molecule has 130 valence electrons. The van der Waals surface area contributed by atoms with Gasteiger partial charge in [-0.1, -0.05) is 12.1 Å². The molecule has 26 heavy (non-hydrogen) atoms. The molecule has 1 aliphatic carbocycles. The molecular formula is C19H16N4O2S. The van der Waals surface area contributed by atoms with E-state index in [9.17, 15) is 9.59 Å². The van der Waals surface area contributed by atoms with Crippen LogP contribution in [0.3, 0.4) is 0 Å². The van der Waals surface area contributed by atoms with Gasteiger partial charge in [-0.2, -0.15) is 5.26 Å². The summed E-state index contributed by atoms with van der Waals surface area (Å²) in [7, 11) is 0. The summed E-state index contributed by atoms with van der Waals surface area (Å²) in [6.45, 7) is 1.94. The molecule has 1 amide bonds. The number of amides is 1. The number of thiazole rings is 1. The van der Waals surface area contributed by atoms with Gasteiger partial charge >= 0.3 is 0 Å². The van der Waals surface area contributed by atoms with Crippen molar-refractivity contribution in [1.29, 1.82) is 5.26 Å². The number of nitrogens with zero attached hydrogens (tertiary/aromatic N) is 3. The molecule has 2 N–H and O–H groups in total. The number of nitrogens with two attached hydrogens (primary N) is 1. The lowest BCUT2D eigenvalue weighted by Crippen LogP contribution is -2.18. The third-order valence-electron chi connectivity index (χ3n) is 4.74. The normalized spacial score (nSPS) is 18.6. The summed E-state index contributed by atoms with van der Waals surface area (Å²) in [6, 6.07) is 10.9. The minimum Gasteiger partial charge on any atom is -0.369 e. The minimum absolute atomic E-state index is 0.0129. The van der Waals surface area contributed by atoms with Crippen molar-refractivity contribution in [2.75, 3.05) is 0 Å². The number of aromatic nitrogens is 2. The van der Waals surface area contributed by atoms with Crippen molar-refractivity contribution in [3.8, 4) is 6.07 Å². The van der Waals surface area contributed by atoms with Crippen molar-refractivity contribution >= 4 is 22.2 Å². The first kappa shape index (κ1) is 16.5. The van der Waals surface area contributed by atoms with E-state index in [-0.39, 0.29) is 23.3 Å². The topological polar surface area (TPSA) is 101 Å². The second-order valence-corrected chi connectivity index (χ2v) is 7.77. The first-order chi connectivity index (χ1) is 12.5. The molecule has 1 saturated carbocycles. The quantitative estimate of drug-likeness (QED) is 0.766. The average Bonchev–Trinajstić information content (AvgIpc) is 3.32. The van der Waals surface area contributed by atoms with Crippen molar-refractivity contribution in [3.63, 3.8) is 0 Å². The van der Waals surface area contributed by atoms with E-state index in [1.807, 2.05) is 19.1 Å². The van der Waals surface area contributed by atoms with E-state index in [4.69, 9.17) is 11.0 Å². The Balaban J connectivity index is 1.73. The van der Waals surface area contributed by atoms with E-state index in [0.717, 1.165) is 16.1 Å². The van der Waals surface area contributed by atoms with Gasteiger partial charge in [-0.05, 0) is 31.0 Å². The van der Waals surface area contributed by atoms with E-state index in [1.54, 1.807) is 16.5 Å². The fraction of sp³-hybridized carbons (Fsp3) is 0.263. The smallest absolute Gasteiger partial charge is 0.258 e. The predicted molar refractivity (Wildman–Crippen MR) is 98.1 cm³/mol. The molecule has 1 aromatic carbocycles. The Kier molecular flexibility index (Phi) is 3.85. The fourth-order valence-corrected chi connectivity index (χ4v) is 4.50. The summed E-state index contributed by atoms with van der Waals surface area (Å²) >= 11 is 1.45. The van der Waals surface area contributed by atoms with Crippen molar-refractivity contribution in [2.24, 2.45) is 11.7 Å². The Morgan fingerprint density at radius 2 is 2.27 bits per heavy atom. The third kappa shape index (κ3) is 2.78. The summed E-state index contributed by atoms with van der Waals surface area (Å²) in [4.78, 5) is 30.4. The number of hydrogen-bond donors (Lipinski definition) is 1. The number of carbonyl (C=O) groups is 1. The van der Waals surface area contributed by atoms with Crippen LogP contribution in [0.1, 0.15) is 39.7 Å². The second-order valence-electron chi connectivity index (χ2n) is 6.59. The molecule has 0 bridgehead atoms. The van der Waals surface area contributed by atoms with Gasteiger partial charge in [0.1, 0.15) is 0 Å². The molecule has 2 heterocycles. The molecule has 2 atom stereocenters. The Labute approximate surface area is 153 Å². The Morgan fingerprint density at radius 1 is 1.46 bits per heavy atom. The average molecular weight is 364 g/mol. The highest BCUT2D eigenvalue weighted by Crippen LogP contribution is 2.49. The largest absolute Gasteiger partial charge is 0.369 e. The number of carbonyl (C=O) groups excluding carboxylic acids is 1. The van der Waals surface area contributed by atoms with Gasteiger partial charge in [0.25, 0.3) is 5.56 Å². The number of rotatable bonds is 4. The molecule has 3 aromatic rings. The van der Waals surface area contributed by atoms with Crippen LogP contribution in [-0.2, 0) is 11.2 Å². The molecule has 0 radical (unpaired) electrons. The van der Waals surface area contributed by atoms with Crippen molar-refractivity contribution in [2.45, 2.75) is 25.7 Å². The van der Waals surface area contributed by atoms with Crippen LogP contribution in [0.5, 0.6) is 0 Å². The summed E-state index contributed by atoms with van der Waals surface area (Å²) in [6.07, 6.45) is 1.18. The van der Waals surface area contributed by atoms with Gasteiger partial charge in [-0.25, -0.2) is 4.98 Å². The Bertz CT molecular complexity index is 1140. The lowest BCUT2D eigenvalue weighted by Gasteiger charge is -2.04. The van der Waals surface area contributed by atoms with Crippen LogP contribution in [0.4, 0.5) is 0 Å². The second kappa shape index (κ2) is 6.07. The van der Waals surface area contributed by atoms with Crippen LogP contribution >= 0.6 is 11.3 Å². The maximum absolute atomic E-state index is 12.7. The molecule has 2 unspecified atom stereocenters. The maximum Gasteiger partial charge on any atom is 0.258 e. The number of primary amides is 1. The molecule has 2 aromatic heterocycles. The highest BCUT2D eigenvalue weighted by molar-refractivity contribution is 7.17. The van der Waals surface area contributed by atoms with Gasteiger partial charge < -0.3 is 5.73 Å². The molecule has 4 rings (SSSR count).